The Morgan fingerprint density at radius 1 is 1.13 bits per heavy atom. The van der Waals surface area contributed by atoms with Crippen molar-refractivity contribution in [3.63, 3.8) is 0 Å². The molecule has 1 saturated heterocycles. The molecule has 1 aliphatic rings. The fourth-order valence-electron chi connectivity index (χ4n) is 3.37. The van der Waals surface area contributed by atoms with E-state index in [1.807, 2.05) is 0 Å². The van der Waals surface area contributed by atoms with E-state index in [-0.39, 0.29) is 22.7 Å². The molecule has 1 fully saturated rings. The van der Waals surface area contributed by atoms with Gasteiger partial charge in [0, 0.05) is 22.3 Å². The van der Waals surface area contributed by atoms with Gasteiger partial charge in [-0.2, -0.15) is 13.2 Å². The van der Waals surface area contributed by atoms with Crippen LogP contribution in [0.4, 0.5) is 17.6 Å². The lowest BCUT2D eigenvalue weighted by Crippen LogP contribution is -2.50. The number of rotatable bonds is 5. The fraction of sp³-hybridized carbons (Fsp3) is 0.318. The SMILES string of the molecule is Cc1cc(C)cc(C(/C=C/c2ccc(C(=O)NC3CS(=O)C3)c(F)c2)C(F)(F)F)c1. The largest absolute Gasteiger partial charge is 0.399 e. The number of nitrogens with one attached hydrogen (secondary N) is 1. The van der Waals surface area contributed by atoms with Gasteiger partial charge < -0.3 is 5.32 Å². The predicted octanol–water partition coefficient (Wildman–Crippen LogP) is 4.66. The molecule has 1 amide bonds. The first kappa shape index (κ1) is 22.2. The first-order chi connectivity index (χ1) is 14.0. The average molecular weight is 439 g/mol. The van der Waals surface area contributed by atoms with Crippen LogP contribution in [0.1, 0.15) is 38.5 Å². The molecule has 1 unspecified atom stereocenters. The molecular weight excluding hydrogens is 418 g/mol. The quantitative estimate of drug-likeness (QED) is 0.689. The Morgan fingerprint density at radius 3 is 2.30 bits per heavy atom. The highest BCUT2D eigenvalue weighted by atomic mass is 32.2. The Bertz CT molecular complexity index is 988. The minimum Gasteiger partial charge on any atom is -0.347 e. The Balaban J connectivity index is 1.80. The lowest BCUT2D eigenvalue weighted by molar-refractivity contribution is -0.139. The first-order valence-corrected chi connectivity index (χ1v) is 10.8. The van der Waals surface area contributed by atoms with Crippen molar-refractivity contribution < 1.29 is 26.6 Å². The van der Waals surface area contributed by atoms with Crippen molar-refractivity contribution in [2.45, 2.75) is 32.0 Å². The van der Waals surface area contributed by atoms with Gasteiger partial charge in [0.1, 0.15) is 5.82 Å². The highest BCUT2D eigenvalue weighted by molar-refractivity contribution is 7.86. The van der Waals surface area contributed by atoms with Gasteiger partial charge in [0.2, 0.25) is 0 Å². The molecule has 3 rings (SSSR count). The van der Waals surface area contributed by atoms with Crippen molar-refractivity contribution in [2.24, 2.45) is 0 Å². The molecule has 30 heavy (non-hydrogen) atoms. The minimum atomic E-state index is -4.50. The normalized spacial score (nSPS) is 20.1. The third-order valence-corrected chi connectivity index (χ3v) is 6.33. The zero-order chi connectivity index (χ0) is 22.1. The van der Waals surface area contributed by atoms with Gasteiger partial charge in [-0.1, -0.05) is 47.5 Å². The summed E-state index contributed by atoms with van der Waals surface area (Å²) in [7, 11) is -0.947. The van der Waals surface area contributed by atoms with E-state index in [1.165, 1.54) is 30.3 Å². The molecule has 0 saturated carbocycles. The van der Waals surface area contributed by atoms with Crippen LogP contribution in [0.25, 0.3) is 6.08 Å². The van der Waals surface area contributed by atoms with E-state index in [4.69, 9.17) is 0 Å². The number of amides is 1. The van der Waals surface area contributed by atoms with Crippen LogP contribution in [0.15, 0.2) is 42.5 Å². The van der Waals surface area contributed by atoms with E-state index >= 15 is 0 Å². The maximum absolute atomic E-state index is 14.4. The molecule has 3 nitrogen and oxygen atoms in total. The third kappa shape index (κ3) is 5.36. The van der Waals surface area contributed by atoms with Crippen LogP contribution < -0.4 is 5.32 Å². The number of hydrogen-bond donors (Lipinski definition) is 1. The van der Waals surface area contributed by atoms with E-state index in [2.05, 4.69) is 5.32 Å². The lowest BCUT2D eigenvalue weighted by atomic mass is 9.94. The maximum Gasteiger partial charge on any atom is 0.399 e. The number of carbonyl (C=O) groups excluding carboxylic acids is 1. The van der Waals surface area contributed by atoms with Crippen LogP contribution in [0.5, 0.6) is 0 Å². The number of allylic oxidation sites excluding steroid dienone is 1. The molecule has 160 valence electrons. The summed E-state index contributed by atoms with van der Waals surface area (Å²) in [5, 5.41) is 2.59. The Kier molecular flexibility index (Phi) is 6.45. The van der Waals surface area contributed by atoms with Gasteiger partial charge in [-0.25, -0.2) is 4.39 Å². The summed E-state index contributed by atoms with van der Waals surface area (Å²) in [4.78, 5) is 12.1. The third-order valence-electron chi connectivity index (χ3n) is 4.78. The van der Waals surface area contributed by atoms with E-state index in [9.17, 15) is 26.6 Å². The van der Waals surface area contributed by atoms with Crippen LogP contribution >= 0.6 is 0 Å². The van der Waals surface area contributed by atoms with E-state index in [0.717, 1.165) is 23.3 Å². The summed E-state index contributed by atoms with van der Waals surface area (Å²) < 4.78 is 66.3. The fourth-order valence-corrected chi connectivity index (χ4v) is 4.34. The molecule has 8 heteroatoms. The highest BCUT2D eigenvalue weighted by Gasteiger charge is 2.39. The number of aryl methyl sites for hydroxylation is 2. The molecule has 1 atom stereocenters. The molecule has 0 aliphatic carbocycles. The van der Waals surface area contributed by atoms with Crippen molar-refractivity contribution in [3.8, 4) is 0 Å². The summed E-state index contributed by atoms with van der Waals surface area (Å²) >= 11 is 0. The van der Waals surface area contributed by atoms with Gasteiger partial charge in [0.05, 0.1) is 17.5 Å². The molecule has 2 aromatic carbocycles. The molecule has 0 aromatic heterocycles. The minimum absolute atomic E-state index is 0.116. The molecule has 1 N–H and O–H groups in total. The van der Waals surface area contributed by atoms with E-state index < -0.39 is 34.6 Å². The number of benzene rings is 2. The summed E-state index contributed by atoms with van der Waals surface area (Å²) in [6, 6.07) is 8.17. The van der Waals surface area contributed by atoms with Gasteiger partial charge in [0.25, 0.3) is 5.91 Å². The van der Waals surface area contributed by atoms with Crippen molar-refractivity contribution >= 4 is 22.8 Å². The summed E-state index contributed by atoms with van der Waals surface area (Å²) in [5.41, 5.74) is 1.58. The molecule has 2 aromatic rings. The van der Waals surface area contributed by atoms with Gasteiger partial charge in [0.15, 0.2) is 0 Å². The molecule has 0 spiro atoms. The van der Waals surface area contributed by atoms with Crippen molar-refractivity contribution in [1.82, 2.24) is 5.32 Å². The molecule has 1 heterocycles. The van der Waals surface area contributed by atoms with Crippen LogP contribution in [0, 0.1) is 19.7 Å². The maximum atomic E-state index is 14.4. The standard InChI is InChI=1S/C22H21F4NO2S/c1-13-7-14(2)9-16(8-13)19(22(24,25)26)6-4-15-3-5-18(20(23)10-15)21(28)27-17-11-30(29)12-17/h3-10,17,19H,11-12H2,1-2H3,(H,27,28)/b6-4+. The van der Waals surface area contributed by atoms with Crippen LogP contribution in [-0.4, -0.2) is 33.8 Å². The van der Waals surface area contributed by atoms with Gasteiger partial charge in [-0.15, -0.1) is 0 Å². The highest BCUT2D eigenvalue weighted by Crippen LogP contribution is 2.37. The average Bonchev–Trinajstić information content (AvgIpc) is 2.58. The first-order valence-electron chi connectivity index (χ1n) is 9.31. The molecule has 1 aliphatic heterocycles. The lowest BCUT2D eigenvalue weighted by Gasteiger charge is -2.25. The second kappa shape index (κ2) is 8.71. The van der Waals surface area contributed by atoms with Gasteiger partial charge >= 0.3 is 6.18 Å². The van der Waals surface area contributed by atoms with Gasteiger partial charge in [-0.3, -0.25) is 9.00 Å². The molecule has 0 radical (unpaired) electrons. The van der Waals surface area contributed by atoms with Crippen LogP contribution in [-0.2, 0) is 10.8 Å². The van der Waals surface area contributed by atoms with Crippen molar-refractivity contribution in [2.75, 3.05) is 11.5 Å². The van der Waals surface area contributed by atoms with Crippen molar-refractivity contribution in [1.29, 1.82) is 0 Å². The predicted molar refractivity (Wildman–Crippen MR) is 109 cm³/mol. The van der Waals surface area contributed by atoms with Crippen LogP contribution in [0.3, 0.4) is 0 Å². The topological polar surface area (TPSA) is 46.2 Å². The van der Waals surface area contributed by atoms with E-state index in [0.29, 0.717) is 11.5 Å². The second-order valence-corrected chi connectivity index (χ2v) is 9.03. The smallest absolute Gasteiger partial charge is 0.347 e. The Labute approximate surface area is 174 Å². The number of halogens is 4. The zero-order valence-corrected chi connectivity index (χ0v) is 17.2. The summed E-state index contributed by atoms with van der Waals surface area (Å²) in [6.07, 6.45) is -2.31. The number of hydrogen-bond acceptors (Lipinski definition) is 2. The van der Waals surface area contributed by atoms with Crippen LogP contribution in [0.2, 0.25) is 0 Å². The molecule has 0 bridgehead atoms. The van der Waals surface area contributed by atoms with Gasteiger partial charge in [-0.05, 0) is 37.1 Å². The zero-order valence-electron chi connectivity index (χ0n) is 16.4. The monoisotopic (exact) mass is 439 g/mol. The molecular formula is C22H21F4NO2S. The summed E-state index contributed by atoms with van der Waals surface area (Å²) in [6.45, 7) is 3.46. The van der Waals surface area contributed by atoms with Crippen molar-refractivity contribution in [3.05, 3.63) is 76.1 Å². The number of carbonyl (C=O) groups is 1. The van der Waals surface area contributed by atoms with E-state index in [1.54, 1.807) is 19.9 Å². The second-order valence-electron chi connectivity index (χ2n) is 7.48. The Hall–Kier alpha value is -2.48. The Morgan fingerprint density at radius 2 is 1.77 bits per heavy atom. The number of alkyl halides is 3. The summed E-state index contributed by atoms with van der Waals surface area (Å²) in [5.74, 6) is -2.61.